The van der Waals surface area contributed by atoms with Gasteiger partial charge in [0.2, 0.25) is 5.91 Å². The maximum absolute atomic E-state index is 13.5. The first kappa shape index (κ1) is 13.6. The van der Waals surface area contributed by atoms with Crippen LogP contribution >= 0.6 is 0 Å². The quantitative estimate of drug-likeness (QED) is 0.770. The van der Waals surface area contributed by atoms with E-state index in [1.54, 1.807) is 12.1 Å². The minimum Gasteiger partial charge on any atom is -0.342 e. The molecule has 3 heteroatoms. The summed E-state index contributed by atoms with van der Waals surface area (Å²) in [5.74, 6) is 0.181. The second-order valence-corrected chi connectivity index (χ2v) is 6.56. The number of benzene rings is 1. The van der Waals surface area contributed by atoms with Gasteiger partial charge in [-0.2, -0.15) is 0 Å². The Labute approximate surface area is 120 Å². The Morgan fingerprint density at radius 3 is 2.60 bits per heavy atom. The van der Waals surface area contributed by atoms with Crippen LogP contribution in [-0.4, -0.2) is 23.9 Å². The maximum atomic E-state index is 13.5. The summed E-state index contributed by atoms with van der Waals surface area (Å²) in [6.45, 7) is 5.53. The largest absolute Gasteiger partial charge is 0.342 e. The lowest BCUT2D eigenvalue weighted by molar-refractivity contribution is -0.136. The summed E-state index contributed by atoms with van der Waals surface area (Å²) in [5, 5.41) is 0. The lowest BCUT2D eigenvalue weighted by Crippen LogP contribution is -2.45. The Morgan fingerprint density at radius 1 is 1.25 bits per heavy atom. The Kier molecular flexibility index (Phi) is 3.31. The third-order valence-electron chi connectivity index (χ3n) is 5.04. The monoisotopic (exact) mass is 275 g/mol. The van der Waals surface area contributed by atoms with Crippen molar-refractivity contribution >= 4 is 5.91 Å². The molecule has 2 nitrogen and oxygen atoms in total. The first-order valence-corrected chi connectivity index (χ1v) is 7.59. The van der Waals surface area contributed by atoms with Gasteiger partial charge in [-0.25, -0.2) is 4.39 Å². The Bertz CT molecular complexity index is 530. The molecule has 0 N–H and O–H groups in total. The van der Waals surface area contributed by atoms with Gasteiger partial charge in [0.25, 0.3) is 0 Å². The van der Waals surface area contributed by atoms with E-state index in [4.69, 9.17) is 0 Å². The number of hydrogen-bond acceptors (Lipinski definition) is 1. The number of likely N-dealkylation sites (tertiary alicyclic amines) is 1. The molecule has 0 atom stereocenters. The zero-order valence-electron chi connectivity index (χ0n) is 12.3. The first-order chi connectivity index (χ1) is 9.52. The van der Waals surface area contributed by atoms with Gasteiger partial charge in [0.05, 0.1) is 0 Å². The molecule has 1 amide bonds. The molecule has 0 unspecified atom stereocenters. The summed E-state index contributed by atoms with van der Waals surface area (Å²) in [6, 6.07) is 5.22. The number of halogens is 1. The van der Waals surface area contributed by atoms with E-state index >= 15 is 0 Å². The average molecular weight is 275 g/mol. The number of piperidine rings is 1. The van der Waals surface area contributed by atoms with Crippen molar-refractivity contribution in [2.45, 2.75) is 44.9 Å². The number of aryl methyl sites for hydroxylation is 1. The van der Waals surface area contributed by atoms with Gasteiger partial charge in [-0.05, 0) is 54.4 Å². The highest BCUT2D eigenvalue weighted by molar-refractivity contribution is 5.78. The van der Waals surface area contributed by atoms with E-state index in [0.29, 0.717) is 0 Å². The highest BCUT2D eigenvalue weighted by atomic mass is 19.1. The number of hydrogen-bond donors (Lipinski definition) is 0. The van der Waals surface area contributed by atoms with Crippen LogP contribution < -0.4 is 0 Å². The van der Waals surface area contributed by atoms with E-state index in [1.165, 1.54) is 11.1 Å². The fourth-order valence-corrected chi connectivity index (χ4v) is 3.81. The summed E-state index contributed by atoms with van der Waals surface area (Å²) >= 11 is 0. The molecule has 1 heterocycles. The van der Waals surface area contributed by atoms with Crippen molar-refractivity contribution in [3.8, 4) is 0 Å². The maximum Gasteiger partial charge on any atom is 0.225 e. The predicted octanol–water partition coefficient (Wildman–Crippen LogP) is 3.29. The first-order valence-electron chi connectivity index (χ1n) is 7.59. The summed E-state index contributed by atoms with van der Waals surface area (Å²) in [6.07, 6.45) is 4.10. The fourth-order valence-electron chi connectivity index (χ4n) is 3.81. The van der Waals surface area contributed by atoms with Crippen LogP contribution in [0.15, 0.2) is 18.2 Å². The number of carbonyl (C=O) groups is 1. The van der Waals surface area contributed by atoms with E-state index in [0.717, 1.165) is 38.8 Å². The van der Waals surface area contributed by atoms with Crippen LogP contribution in [-0.2, 0) is 16.6 Å². The van der Waals surface area contributed by atoms with Crippen LogP contribution in [0.5, 0.6) is 0 Å². The molecule has 3 rings (SSSR count). The van der Waals surface area contributed by atoms with Crippen LogP contribution in [0.2, 0.25) is 0 Å². The molecular formula is C17H22FNO. The zero-order chi connectivity index (χ0) is 14.3. The summed E-state index contributed by atoms with van der Waals surface area (Å²) < 4.78 is 13.5. The topological polar surface area (TPSA) is 20.3 Å². The highest BCUT2D eigenvalue weighted by Gasteiger charge is 2.42. The highest BCUT2D eigenvalue weighted by Crippen LogP contribution is 2.46. The molecular weight excluding hydrogens is 253 g/mol. The standard InChI is InChI=1S/C17H22FNO/c1-12(2)16(20)19-9-7-17(8-10-19)6-5-13-3-4-14(18)11-15(13)17/h3-4,11-12H,5-10H2,1-2H3. The molecule has 0 aromatic heterocycles. The van der Waals surface area contributed by atoms with Gasteiger partial charge >= 0.3 is 0 Å². The van der Waals surface area contributed by atoms with Gasteiger partial charge in [-0.3, -0.25) is 4.79 Å². The van der Waals surface area contributed by atoms with Gasteiger partial charge in [-0.15, -0.1) is 0 Å². The molecule has 1 saturated heterocycles. The SMILES string of the molecule is CC(C)C(=O)N1CCC2(CCc3ccc(F)cc32)CC1. The van der Waals surface area contributed by atoms with Crippen molar-refractivity contribution in [3.63, 3.8) is 0 Å². The van der Waals surface area contributed by atoms with E-state index in [2.05, 4.69) is 0 Å². The third-order valence-corrected chi connectivity index (χ3v) is 5.04. The van der Waals surface area contributed by atoms with Gasteiger partial charge in [0.15, 0.2) is 0 Å². The molecule has 1 aromatic carbocycles. The summed E-state index contributed by atoms with van der Waals surface area (Å²) in [7, 11) is 0. The minimum atomic E-state index is -0.134. The van der Waals surface area contributed by atoms with Crippen molar-refractivity contribution in [1.82, 2.24) is 4.90 Å². The van der Waals surface area contributed by atoms with Crippen LogP contribution in [0, 0.1) is 11.7 Å². The van der Waals surface area contributed by atoms with E-state index in [1.807, 2.05) is 24.8 Å². The molecule has 108 valence electrons. The van der Waals surface area contributed by atoms with Crippen molar-refractivity contribution in [2.24, 2.45) is 5.92 Å². The lowest BCUT2D eigenvalue weighted by atomic mass is 9.73. The molecule has 1 fully saturated rings. The lowest BCUT2D eigenvalue weighted by Gasteiger charge is -2.40. The Balaban J connectivity index is 1.79. The van der Waals surface area contributed by atoms with E-state index in [-0.39, 0.29) is 23.1 Å². The molecule has 2 aliphatic rings. The van der Waals surface area contributed by atoms with Gasteiger partial charge in [0, 0.05) is 19.0 Å². The van der Waals surface area contributed by atoms with Crippen molar-refractivity contribution in [3.05, 3.63) is 35.1 Å². The second kappa shape index (κ2) is 4.87. The van der Waals surface area contributed by atoms with Crippen molar-refractivity contribution < 1.29 is 9.18 Å². The fraction of sp³-hybridized carbons (Fsp3) is 0.588. The van der Waals surface area contributed by atoms with Crippen molar-refractivity contribution in [1.29, 1.82) is 0 Å². The third kappa shape index (κ3) is 2.13. The van der Waals surface area contributed by atoms with Crippen molar-refractivity contribution in [2.75, 3.05) is 13.1 Å². The number of carbonyl (C=O) groups excluding carboxylic acids is 1. The normalized spacial score (nSPS) is 20.5. The minimum absolute atomic E-state index is 0.0670. The Hall–Kier alpha value is -1.38. The van der Waals surface area contributed by atoms with Gasteiger partial charge in [-0.1, -0.05) is 19.9 Å². The van der Waals surface area contributed by atoms with Crippen LogP contribution in [0.25, 0.3) is 0 Å². The molecule has 0 bridgehead atoms. The van der Waals surface area contributed by atoms with Crippen LogP contribution in [0.1, 0.15) is 44.2 Å². The number of nitrogens with zero attached hydrogens (tertiary/aromatic N) is 1. The predicted molar refractivity (Wildman–Crippen MR) is 77.1 cm³/mol. The van der Waals surface area contributed by atoms with Gasteiger partial charge < -0.3 is 4.90 Å². The summed E-state index contributed by atoms with van der Waals surface area (Å²) in [5.41, 5.74) is 2.62. The number of fused-ring (bicyclic) bond motifs is 2. The average Bonchev–Trinajstić information content (AvgIpc) is 2.77. The molecule has 1 aliphatic carbocycles. The molecule has 0 saturated carbocycles. The molecule has 1 aromatic rings. The van der Waals surface area contributed by atoms with E-state index < -0.39 is 0 Å². The van der Waals surface area contributed by atoms with E-state index in [9.17, 15) is 9.18 Å². The molecule has 20 heavy (non-hydrogen) atoms. The Morgan fingerprint density at radius 2 is 1.95 bits per heavy atom. The number of rotatable bonds is 1. The summed E-state index contributed by atoms with van der Waals surface area (Å²) in [4.78, 5) is 14.0. The molecule has 0 radical (unpaired) electrons. The smallest absolute Gasteiger partial charge is 0.225 e. The second-order valence-electron chi connectivity index (χ2n) is 6.56. The zero-order valence-corrected chi connectivity index (χ0v) is 12.3. The van der Waals surface area contributed by atoms with Gasteiger partial charge in [0.1, 0.15) is 5.82 Å². The molecule has 1 spiro atoms. The van der Waals surface area contributed by atoms with Crippen LogP contribution in [0.4, 0.5) is 4.39 Å². The van der Waals surface area contributed by atoms with Crippen LogP contribution in [0.3, 0.4) is 0 Å². The molecule has 1 aliphatic heterocycles. The number of amides is 1.